The van der Waals surface area contributed by atoms with Crippen LogP contribution in [-0.2, 0) is 14.4 Å². The lowest BCUT2D eigenvalue weighted by molar-refractivity contribution is -0.168. The fraction of sp³-hybridized carbons (Fsp3) is 0.842. The van der Waals surface area contributed by atoms with Gasteiger partial charge in [-0.15, -0.1) is 12.4 Å². The van der Waals surface area contributed by atoms with Gasteiger partial charge in [0.15, 0.2) is 0 Å². The highest BCUT2D eigenvalue weighted by atomic mass is 35.5. The van der Waals surface area contributed by atoms with Crippen LogP contribution in [0.3, 0.4) is 0 Å². The number of halogens is 1. The van der Waals surface area contributed by atoms with Gasteiger partial charge in [-0.2, -0.15) is 0 Å². The summed E-state index contributed by atoms with van der Waals surface area (Å²) in [5.74, 6) is -0.480. The lowest BCUT2D eigenvalue weighted by Crippen LogP contribution is -2.44. The van der Waals surface area contributed by atoms with E-state index in [-0.39, 0.29) is 31.2 Å². The number of unbranched alkanes of at least 4 members (excludes halogenated alkanes) is 6. The number of hydrogen-bond acceptors (Lipinski definition) is 6. The topological polar surface area (TPSA) is 121 Å². The van der Waals surface area contributed by atoms with Gasteiger partial charge in [-0.3, -0.25) is 19.6 Å². The summed E-state index contributed by atoms with van der Waals surface area (Å²) >= 11 is 0. The fourth-order valence-corrected chi connectivity index (χ4v) is 2.61. The minimum atomic E-state index is -1.16. The summed E-state index contributed by atoms with van der Waals surface area (Å²) in [6.45, 7) is 1.49. The summed E-state index contributed by atoms with van der Waals surface area (Å²) in [5.41, 5.74) is 5.30. The standard InChI is InChI=1S/C19H36N2O5.ClH/c1-2-3-4-7-10-16(23)11-8-5-6-9-12-17(24)13-14-21(26)19(25)18(20)15-22;/h18,22,26H,2-15,20H2,1H3;1H/t18-;/m0./s1. The number of nitrogens with two attached hydrogens (primary N) is 1. The molecule has 0 fully saturated rings. The van der Waals surface area contributed by atoms with E-state index in [1.165, 1.54) is 12.8 Å². The third kappa shape index (κ3) is 15.7. The van der Waals surface area contributed by atoms with E-state index >= 15 is 0 Å². The van der Waals surface area contributed by atoms with Crippen molar-refractivity contribution in [2.45, 2.75) is 90.0 Å². The molecule has 0 saturated heterocycles. The maximum Gasteiger partial charge on any atom is 0.265 e. The Bertz CT molecular complexity index is 421. The number of aliphatic hydroxyl groups excluding tert-OH is 1. The van der Waals surface area contributed by atoms with E-state index < -0.39 is 18.6 Å². The first-order valence-electron chi connectivity index (χ1n) is 9.82. The zero-order valence-corrected chi connectivity index (χ0v) is 17.3. The van der Waals surface area contributed by atoms with Crippen LogP contribution in [0.25, 0.3) is 0 Å². The molecule has 0 radical (unpaired) electrons. The van der Waals surface area contributed by atoms with Crippen LogP contribution in [-0.4, -0.2) is 52.0 Å². The average molecular weight is 409 g/mol. The molecule has 0 saturated carbocycles. The normalized spacial score (nSPS) is 11.6. The van der Waals surface area contributed by atoms with Gasteiger partial charge in [-0.05, 0) is 19.3 Å². The molecule has 0 heterocycles. The first-order chi connectivity index (χ1) is 12.4. The van der Waals surface area contributed by atoms with Crippen molar-refractivity contribution < 1.29 is 24.7 Å². The Balaban J connectivity index is 0. The zero-order valence-electron chi connectivity index (χ0n) is 16.5. The van der Waals surface area contributed by atoms with Crippen molar-refractivity contribution in [1.29, 1.82) is 0 Å². The van der Waals surface area contributed by atoms with Gasteiger partial charge in [0.1, 0.15) is 17.6 Å². The lowest BCUT2D eigenvalue weighted by atomic mass is 10.0. The van der Waals surface area contributed by atoms with Crippen LogP contribution >= 0.6 is 12.4 Å². The predicted octanol–water partition coefficient (Wildman–Crippen LogP) is 2.78. The van der Waals surface area contributed by atoms with E-state index in [9.17, 15) is 19.6 Å². The molecule has 0 aliphatic heterocycles. The molecule has 1 amide bonds. The summed E-state index contributed by atoms with van der Waals surface area (Å²) in [6.07, 6.45) is 9.74. The molecule has 0 aliphatic carbocycles. The van der Waals surface area contributed by atoms with Gasteiger partial charge in [0.2, 0.25) is 0 Å². The highest BCUT2D eigenvalue weighted by molar-refractivity contribution is 5.85. The van der Waals surface area contributed by atoms with E-state index in [0.717, 1.165) is 38.5 Å². The third-order valence-corrected chi connectivity index (χ3v) is 4.34. The Labute approximate surface area is 169 Å². The summed E-state index contributed by atoms with van der Waals surface area (Å²) in [5, 5.41) is 18.6. The molecular weight excluding hydrogens is 372 g/mol. The highest BCUT2D eigenvalue weighted by Crippen LogP contribution is 2.10. The first-order valence-corrected chi connectivity index (χ1v) is 9.82. The highest BCUT2D eigenvalue weighted by Gasteiger charge is 2.19. The van der Waals surface area contributed by atoms with E-state index in [1.54, 1.807) is 0 Å². The number of hydroxylamine groups is 2. The monoisotopic (exact) mass is 408 g/mol. The van der Waals surface area contributed by atoms with Crippen LogP contribution in [0, 0.1) is 0 Å². The van der Waals surface area contributed by atoms with Gasteiger partial charge in [0.05, 0.1) is 13.2 Å². The Morgan fingerprint density at radius 3 is 1.74 bits per heavy atom. The summed E-state index contributed by atoms with van der Waals surface area (Å²) < 4.78 is 0. The van der Waals surface area contributed by atoms with Crippen molar-refractivity contribution >= 4 is 29.9 Å². The quantitative estimate of drug-likeness (QED) is 0.193. The summed E-state index contributed by atoms with van der Waals surface area (Å²) in [6, 6.07) is -1.16. The van der Waals surface area contributed by atoms with Gasteiger partial charge in [-0.1, -0.05) is 39.0 Å². The summed E-state index contributed by atoms with van der Waals surface area (Å²) in [7, 11) is 0. The van der Waals surface area contributed by atoms with E-state index in [2.05, 4.69) is 6.92 Å². The van der Waals surface area contributed by atoms with Crippen molar-refractivity contribution in [2.24, 2.45) is 5.73 Å². The second kappa shape index (κ2) is 18.3. The molecule has 8 heteroatoms. The number of aliphatic hydroxyl groups is 1. The van der Waals surface area contributed by atoms with Crippen molar-refractivity contribution in [3.05, 3.63) is 0 Å². The summed E-state index contributed by atoms with van der Waals surface area (Å²) in [4.78, 5) is 34.8. The van der Waals surface area contributed by atoms with Gasteiger partial charge in [0, 0.05) is 25.7 Å². The fourth-order valence-electron chi connectivity index (χ4n) is 2.61. The molecule has 0 spiro atoms. The molecule has 0 bridgehead atoms. The minimum absolute atomic E-state index is 0. The first kappa shape index (κ1) is 28.2. The smallest absolute Gasteiger partial charge is 0.265 e. The Morgan fingerprint density at radius 1 is 0.852 bits per heavy atom. The van der Waals surface area contributed by atoms with Crippen LogP contribution in [0.4, 0.5) is 0 Å². The van der Waals surface area contributed by atoms with Crippen molar-refractivity contribution in [3.63, 3.8) is 0 Å². The third-order valence-electron chi connectivity index (χ3n) is 4.34. The van der Waals surface area contributed by atoms with E-state index in [0.29, 0.717) is 30.1 Å². The number of rotatable bonds is 17. The SMILES string of the molecule is CCCCCCC(=O)CCCCCCC(=O)CCN(O)C(=O)[C@@H](N)CO.Cl. The number of carbonyl (C=O) groups is 3. The number of Topliss-reactive ketones (excluding diaryl/α,β-unsaturated/α-hetero) is 2. The minimum Gasteiger partial charge on any atom is -0.394 e. The van der Waals surface area contributed by atoms with E-state index in [1.807, 2.05) is 0 Å². The van der Waals surface area contributed by atoms with Gasteiger partial charge in [-0.25, -0.2) is 5.06 Å². The molecule has 0 aliphatic rings. The van der Waals surface area contributed by atoms with Crippen molar-refractivity contribution in [3.8, 4) is 0 Å². The molecule has 0 unspecified atom stereocenters. The second-order valence-corrected chi connectivity index (χ2v) is 6.80. The number of hydrogen-bond donors (Lipinski definition) is 3. The molecule has 0 aromatic carbocycles. The number of amides is 1. The largest absolute Gasteiger partial charge is 0.394 e. The van der Waals surface area contributed by atoms with Crippen LogP contribution in [0.15, 0.2) is 0 Å². The van der Waals surface area contributed by atoms with Crippen LogP contribution in [0.2, 0.25) is 0 Å². The van der Waals surface area contributed by atoms with E-state index in [4.69, 9.17) is 10.8 Å². The molecule has 160 valence electrons. The van der Waals surface area contributed by atoms with Crippen LogP contribution in [0.1, 0.15) is 84.0 Å². The van der Waals surface area contributed by atoms with Gasteiger partial charge >= 0.3 is 0 Å². The van der Waals surface area contributed by atoms with Crippen molar-refractivity contribution in [1.82, 2.24) is 5.06 Å². The van der Waals surface area contributed by atoms with Crippen molar-refractivity contribution in [2.75, 3.05) is 13.2 Å². The molecule has 0 rings (SSSR count). The molecule has 7 nitrogen and oxygen atoms in total. The van der Waals surface area contributed by atoms with Gasteiger partial charge < -0.3 is 10.8 Å². The number of carbonyl (C=O) groups excluding carboxylic acids is 3. The second-order valence-electron chi connectivity index (χ2n) is 6.80. The Morgan fingerprint density at radius 2 is 1.30 bits per heavy atom. The molecule has 1 atom stereocenters. The average Bonchev–Trinajstić information content (AvgIpc) is 2.64. The molecular formula is C19H37ClN2O5. The maximum absolute atomic E-state index is 11.7. The number of ketones is 2. The zero-order chi connectivity index (χ0) is 19.8. The molecule has 4 N–H and O–H groups in total. The molecule has 27 heavy (non-hydrogen) atoms. The Kier molecular flexibility index (Phi) is 19.2. The van der Waals surface area contributed by atoms with Gasteiger partial charge in [0.25, 0.3) is 5.91 Å². The lowest BCUT2D eigenvalue weighted by Gasteiger charge is -2.17. The number of nitrogens with zero attached hydrogens (tertiary/aromatic N) is 1. The molecule has 0 aromatic rings. The van der Waals surface area contributed by atoms with Crippen LogP contribution < -0.4 is 5.73 Å². The maximum atomic E-state index is 11.7. The Hall–Kier alpha value is -1.02. The van der Waals surface area contributed by atoms with Crippen LogP contribution in [0.5, 0.6) is 0 Å². The molecule has 0 aromatic heterocycles. The predicted molar refractivity (Wildman–Crippen MR) is 107 cm³/mol.